The van der Waals surface area contributed by atoms with Crippen molar-refractivity contribution in [2.75, 3.05) is 6.61 Å². The first-order valence-corrected chi connectivity index (χ1v) is 5.79. The Kier molecular flexibility index (Phi) is 2.84. The molecule has 1 spiro atoms. The van der Waals surface area contributed by atoms with Crippen molar-refractivity contribution in [3.05, 3.63) is 0 Å². The first-order valence-electron chi connectivity index (χ1n) is 5.79. The second kappa shape index (κ2) is 4.08. The third-order valence-electron chi connectivity index (χ3n) is 3.27. The summed E-state index contributed by atoms with van der Waals surface area (Å²) in [4.78, 5) is 47.7. The van der Waals surface area contributed by atoms with Crippen molar-refractivity contribution in [1.29, 1.82) is 0 Å². The molecule has 4 amide bonds. The minimum Gasteiger partial charge on any atom is -0.464 e. The Bertz CT molecular complexity index is 441. The fraction of sp³-hybridized carbons (Fsp3) is 0.636. The number of imide groups is 2. The van der Waals surface area contributed by atoms with E-state index in [0.717, 1.165) is 4.90 Å². The SMILES string of the molecule is CCOC(=O)C(C)N1C(=O)NC(=O)C2(CC2)C1=O. The number of ether oxygens (including phenoxy) is 1. The Morgan fingerprint density at radius 2 is 2.06 bits per heavy atom. The van der Waals surface area contributed by atoms with E-state index in [0.29, 0.717) is 12.8 Å². The zero-order valence-electron chi connectivity index (χ0n) is 10.2. The molecule has 2 aliphatic rings. The molecule has 98 valence electrons. The van der Waals surface area contributed by atoms with Gasteiger partial charge in [0.15, 0.2) is 0 Å². The summed E-state index contributed by atoms with van der Waals surface area (Å²) in [5.41, 5.74) is -1.13. The maximum absolute atomic E-state index is 12.1. The molecule has 1 N–H and O–H groups in total. The third kappa shape index (κ3) is 1.66. The molecule has 1 aliphatic carbocycles. The molecular formula is C11H14N2O5. The number of rotatable bonds is 3. The van der Waals surface area contributed by atoms with Crippen molar-refractivity contribution in [2.24, 2.45) is 5.41 Å². The van der Waals surface area contributed by atoms with Crippen LogP contribution < -0.4 is 5.32 Å². The van der Waals surface area contributed by atoms with Crippen LogP contribution in [0.1, 0.15) is 26.7 Å². The standard InChI is InChI=1S/C11H14N2O5/c1-3-18-7(14)6(2)13-9(16)11(4-5-11)8(15)12-10(13)17/h6H,3-5H2,1-2H3,(H,12,15,17). The molecule has 1 saturated heterocycles. The van der Waals surface area contributed by atoms with Crippen LogP contribution in [0.4, 0.5) is 4.79 Å². The summed E-state index contributed by atoms with van der Waals surface area (Å²) in [6.45, 7) is 3.20. The lowest BCUT2D eigenvalue weighted by Gasteiger charge is -2.33. The van der Waals surface area contributed by atoms with Crippen molar-refractivity contribution < 1.29 is 23.9 Å². The molecule has 0 bridgehead atoms. The highest BCUT2D eigenvalue weighted by Crippen LogP contribution is 2.49. The van der Waals surface area contributed by atoms with E-state index in [9.17, 15) is 19.2 Å². The molecule has 7 nitrogen and oxygen atoms in total. The van der Waals surface area contributed by atoms with Gasteiger partial charge in [0.1, 0.15) is 11.5 Å². The van der Waals surface area contributed by atoms with Gasteiger partial charge in [0.2, 0.25) is 11.8 Å². The first kappa shape index (κ1) is 12.5. The van der Waals surface area contributed by atoms with Gasteiger partial charge < -0.3 is 4.74 Å². The number of amides is 4. The fourth-order valence-electron chi connectivity index (χ4n) is 1.98. The summed E-state index contributed by atoms with van der Waals surface area (Å²) in [5.74, 6) is -1.83. The number of hydrogen-bond acceptors (Lipinski definition) is 5. The van der Waals surface area contributed by atoms with Crippen LogP contribution in [-0.4, -0.2) is 41.4 Å². The van der Waals surface area contributed by atoms with Gasteiger partial charge in [-0.15, -0.1) is 0 Å². The average Bonchev–Trinajstić information content (AvgIpc) is 3.08. The van der Waals surface area contributed by atoms with E-state index in [4.69, 9.17) is 4.74 Å². The number of carbonyl (C=O) groups is 4. The molecule has 7 heteroatoms. The van der Waals surface area contributed by atoms with Crippen molar-refractivity contribution in [1.82, 2.24) is 10.2 Å². The highest BCUT2D eigenvalue weighted by atomic mass is 16.5. The summed E-state index contributed by atoms with van der Waals surface area (Å²) in [5, 5.41) is 2.11. The zero-order chi connectivity index (χ0) is 13.5. The van der Waals surface area contributed by atoms with Crippen molar-refractivity contribution in [3.63, 3.8) is 0 Å². The number of barbiturate groups is 1. The van der Waals surface area contributed by atoms with Crippen LogP contribution in [0.3, 0.4) is 0 Å². The number of urea groups is 1. The first-order chi connectivity index (χ1) is 8.44. The van der Waals surface area contributed by atoms with E-state index in [2.05, 4.69) is 5.32 Å². The van der Waals surface area contributed by atoms with Crippen molar-refractivity contribution in [3.8, 4) is 0 Å². The Morgan fingerprint density at radius 1 is 1.44 bits per heavy atom. The number of esters is 1. The van der Waals surface area contributed by atoms with Gasteiger partial charge in [0, 0.05) is 0 Å². The lowest BCUT2D eigenvalue weighted by molar-refractivity contribution is -0.156. The maximum Gasteiger partial charge on any atom is 0.331 e. The van der Waals surface area contributed by atoms with Gasteiger partial charge in [-0.2, -0.15) is 0 Å². The quantitative estimate of drug-likeness (QED) is 0.556. The summed E-state index contributed by atoms with van der Waals surface area (Å²) in [7, 11) is 0. The molecule has 1 heterocycles. The van der Waals surface area contributed by atoms with E-state index in [1.807, 2.05) is 0 Å². The number of nitrogens with one attached hydrogen (secondary N) is 1. The molecule has 2 rings (SSSR count). The van der Waals surface area contributed by atoms with Crippen molar-refractivity contribution in [2.45, 2.75) is 32.7 Å². The van der Waals surface area contributed by atoms with Crippen LogP contribution in [0.2, 0.25) is 0 Å². The monoisotopic (exact) mass is 254 g/mol. The molecule has 18 heavy (non-hydrogen) atoms. The molecule has 1 unspecified atom stereocenters. The number of hydrogen-bond donors (Lipinski definition) is 1. The van der Waals surface area contributed by atoms with E-state index in [1.54, 1.807) is 6.92 Å². The second-order valence-corrected chi connectivity index (χ2v) is 4.44. The second-order valence-electron chi connectivity index (χ2n) is 4.44. The van der Waals surface area contributed by atoms with Crippen LogP contribution >= 0.6 is 0 Å². The third-order valence-corrected chi connectivity index (χ3v) is 3.27. The maximum atomic E-state index is 12.1. The van der Waals surface area contributed by atoms with Crippen LogP contribution in [0.25, 0.3) is 0 Å². The topological polar surface area (TPSA) is 92.8 Å². The minimum atomic E-state index is -1.13. The smallest absolute Gasteiger partial charge is 0.331 e. The Labute approximate surface area is 103 Å². The molecule has 0 aromatic carbocycles. The summed E-state index contributed by atoms with van der Waals surface area (Å²) in [6, 6.07) is -1.88. The largest absolute Gasteiger partial charge is 0.464 e. The summed E-state index contributed by atoms with van der Waals surface area (Å²) < 4.78 is 4.77. The van der Waals surface area contributed by atoms with Crippen LogP contribution in [0.15, 0.2) is 0 Å². The number of carbonyl (C=O) groups excluding carboxylic acids is 4. The van der Waals surface area contributed by atoms with Crippen molar-refractivity contribution >= 4 is 23.8 Å². The Hall–Kier alpha value is -1.92. The highest BCUT2D eigenvalue weighted by molar-refractivity contribution is 6.21. The predicted molar refractivity (Wildman–Crippen MR) is 58.1 cm³/mol. The molecule has 0 aromatic heterocycles. The van der Waals surface area contributed by atoms with Gasteiger partial charge in [-0.25, -0.2) is 14.5 Å². The predicted octanol–water partition coefficient (Wildman–Crippen LogP) is -0.203. The summed E-state index contributed by atoms with van der Waals surface area (Å²) in [6.07, 6.45) is 0.827. The van der Waals surface area contributed by atoms with Gasteiger partial charge in [0.25, 0.3) is 0 Å². The average molecular weight is 254 g/mol. The molecule has 2 fully saturated rings. The van der Waals surface area contributed by atoms with Gasteiger partial charge in [-0.05, 0) is 26.7 Å². The zero-order valence-corrected chi connectivity index (χ0v) is 10.2. The van der Waals surface area contributed by atoms with Crippen LogP contribution in [0.5, 0.6) is 0 Å². The van der Waals surface area contributed by atoms with E-state index < -0.39 is 35.3 Å². The Morgan fingerprint density at radius 3 is 2.56 bits per heavy atom. The lowest BCUT2D eigenvalue weighted by atomic mass is 10.0. The van der Waals surface area contributed by atoms with E-state index in [-0.39, 0.29) is 6.61 Å². The van der Waals surface area contributed by atoms with Crippen LogP contribution in [-0.2, 0) is 19.1 Å². The molecule has 1 saturated carbocycles. The van der Waals surface area contributed by atoms with Gasteiger partial charge >= 0.3 is 12.0 Å². The molecule has 0 radical (unpaired) electrons. The van der Waals surface area contributed by atoms with Gasteiger partial charge in [-0.1, -0.05) is 0 Å². The van der Waals surface area contributed by atoms with Gasteiger partial charge in [0.05, 0.1) is 6.61 Å². The Balaban J connectivity index is 2.21. The molecule has 0 aromatic rings. The van der Waals surface area contributed by atoms with Gasteiger partial charge in [-0.3, -0.25) is 14.9 Å². The summed E-state index contributed by atoms with van der Waals surface area (Å²) >= 11 is 0. The highest BCUT2D eigenvalue weighted by Gasteiger charge is 2.63. The normalized spacial score (nSPS) is 22.8. The van der Waals surface area contributed by atoms with E-state index in [1.165, 1.54) is 6.92 Å². The molecule has 1 aliphatic heterocycles. The lowest BCUT2D eigenvalue weighted by Crippen LogP contribution is -2.63. The molecular weight excluding hydrogens is 240 g/mol. The fourth-order valence-corrected chi connectivity index (χ4v) is 1.98. The van der Waals surface area contributed by atoms with E-state index >= 15 is 0 Å². The molecule has 1 atom stereocenters. The minimum absolute atomic E-state index is 0.164. The number of nitrogens with zero attached hydrogens (tertiary/aromatic N) is 1. The van der Waals surface area contributed by atoms with Crippen LogP contribution in [0, 0.1) is 5.41 Å².